The average Bonchev–Trinajstić information content (AvgIpc) is 1.91. The molecule has 0 bridgehead atoms. The van der Waals surface area contributed by atoms with Crippen molar-refractivity contribution in [3.8, 4) is 0 Å². The maximum atomic E-state index is 2.49. The van der Waals surface area contributed by atoms with Gasteiger partial charge in [0.05, 0.1) is 0 Å². The van der Waals surface area contributed by atoms with E-state index in [1.165, 1.54) is 31.3 Å². The third kappa shape index (κ3) is 4.97. The molecule has 0 N–H and O–H groups in total. The van der Waals surface area contributed by atoms with Crippen LogP contribution in [0, 0.1) is 0 Å². The van der Waals surface area contributed by atoms with Crippen LogP contribution in [0.4, 0.5) is 0 Å². The molecule has 0 unspecified atom stereocenters. The number of nitrogens with zero attached hydrogens (tertiary/aromatic N) is 1. The van der Waals surface area contributed by atoms with Crippen LogP contribution in [0.1, 0.15) is 20.3 Å². The maximum absolute atomic E-state index is 2.49. The van der Waals surface area contributed by atoms with Gasteiger partial charge >= 0.3 is 66.6 Å². The van der Waals surface area contributed by atoms with Crippen LogP contribution in [-0.4, -0.2) is 41.0 Å². The van der Waals surface area contributed by atoms with Crippen LogP contribution in [0.2, 0.25) is 5.25 Å². The summed E-state index contributed by atoms with van der Waals surface area (Å²) in [5.74, 6) is 0. The van der Waals surface area contributed by atoms with Crippen LogP contribution in [-0.2, 0) is 0 Å². The average molecular weight is 190 g/mol. The molecule has 1 nitrogen and oxygen atoms in total. The molecule has 0 rings (SSSR count). The second-order valence-corrected chi connectivity index (χ2v) is 4.48. The van der Waals surface area contributed by atoms with E-state index < -0.39 is 0 Å². The van der Waals surface area contributed by atoms with Gasteiger partial charge in [-0.15, -0.1) is 0 Å². The third-order valence-electron chi connectivity index (χ3n) is 1.72. The van der Waals surface area contributed by atoms with Gasteiger partial charge in [0.1, 0.15) is 0 Å². The topological polar surface area (TPSA) is 3.24 Å². The Balaban J connectivity index is 3.09. The van der Waals surface area contributed by atoms with Crippen molar-refractivity contribution in [3.63, 3.8) is 0 Å². The van der Waals surface area contributed by atoms with Crippen LogP contribution in [0.15, 0.2) is 0 Å². The zero-order valence-corrected chi connectivity index (χ0v) is 11.2. The predicted octanol–water partition coefficient (Wildman–Crippen LogP) is 0.502. The Morgan fingerprint density at radius 1 is 1.22 bits per heavy atom. The van der Waals surface area contributed by atoms with Gasteiger partial charge in [0.15, 0.2) is 0 Å². The van der Waals surface area contributed by atoms with E-state index in [4.69, 9.17) is 0 Å². The molecule has 0 radical (unpaired) electrons. The molecule has 0 aromatic heterocycles. The molecule has 0 amide bonds. The van der Waals surface area contributed by atoms with E-state index in [2.05, 4.69) is 18.7 Å². The summed E-state index contributed by atoms with van der Waals surface area (Å²) < 4.78 is 0. The molecule has 0 saturated heterocycles. The SMILES string of the molecule is CCN(CC)CC[CH2][GeH3]. The summed E-state index contributed by atoms with van der Waals surface area (Å²) in [5.41, 5.74) is 0. The van der Waals surface area contributed by atoms with Crippen LogP contribution in [0.25, 0.3) is 0 Å². The normalized spacial score (nSPS) is 11.0. The minimum atomic E-state index is 1.07. The molecular weight excluding hydrogens is 171 g/mol. The third-order valence-corrected chi connectivity index (χ3v) is 3.21. The Kier molecular flexibility index (Phi) is 6.99. The predicted molar refractivity (Wildman–Crippen MR) is 47.2 cm³/mol. The van der Waals surface area contributed by atoms with E-state index in [0.717, 1.165) is 16.5 Å². The van der Waals surface area contributed by atoms with Crippen molar-refractivity contribution in [2.24, 2.45) is 0 Å². The fraction of sp³-hybridized carbons (Fsp3) is 1.00. The standard InChI is InChI=1S/C7H19GeN/c1-3-9(4-2)7-5-6-8/h3-7H2,1-2,8H3. The Morgan fingerprint density at radius 3 is 2.11 bits per heavy atom. The van der Waals surface area contributed by atoms with Crippen molar-refractivity contribution >= 4 is 16.5 Å². The fourth-order valence-corrected chi connectivity index (χ4v) is 1.59. The van der Waals surface area contributed by atoms with Gasteiger partial charge in [0.2, 0.25) is 0 Å². The first-order chi connectivity index (χ1) is 4.35. The number of hydrogen-bond acceptors (Lipinski definition) is 1. The van der Waals surface area contributed by atoms with Crippen molar-refractivity contribution < 1.29 is 0 Å². The quantitative estimate of drug-likeness (QED) is 0.570. The van der Waals surface area contributed by atoms with Crippen molar-refractivity contribution in [2.75, 3.05) is 19.6 Å². The zero-order valence-electron chi connectivity index (χ0n) is 6.98. The summed E-state index contributed by atoms with van der Waals surface area (Å²) in [4.78, 5) is 2.49. The number of hydrogen-bond donors (Lipinski definition) is 0. The summed E-state index contributed by atoms with van der Waals surface area (Å²) in [6.45, 7) is 8.25. The van der Waals surface area contributed by atoms with E-state index in [1.54, 1.807) is 0 Å². The molecule has 2 heteroatoms. The molecule has 56 valence electrons. The molecule has 0 spiro atoms. The van der Waals surface area contributed by atoms with Gasteiger partial charge in [-0.05, 0) is 0 Å². The second-order valence-electron chi connectivity index (χ2n) is 2.38. The van der Waals surface area contributed by atoms with Crippen LogP contribution in [0.3, 0.4) is 0 Å². The summed E-state index contributed by atoms with van der Waals surface area (Å²) in [6.07, 6.45) is 1.43. The van der Waals surface area contributed by atoms with E-state index in [-0.39, 0.29) is 0 Å². The van der Waals surface area contributed by atoms with Crippen molar-refractivity contribution in [1.29, 1.82) is 0 Å². The first kappa shape index (κ1) is 9.50. The first-order valence-corrected chi connectivity index (χ1v) is 7.04. The Morgan fingerprint density at radius 2 is 1.78 bits per heavy atom. The summed E-state index contributed by atoms with van der Waals surface area (Å²) in [6, 6.07) is 0. The van der Waals surface area contributed by atoms with E-state index in [0.29, 0.717) is 0 Å². The molecule has 0 aromatic rings. The Bertz CT molecular complexity index is 52.9. The Labute approximate surface area is 67.0 Å². The summed E-state index contributed by atoms with van der Waals surface area (Å²) >= 11 is 1.07. The fourth-order valence-electron chi connectivity index (χ4n) is 0.922. The first-order valence-electron chi connectivity index (χ1n) is 4.07. The van der Waals surface area contributed by atoms with Crippen LogP contribution in [0.5, 0.6) is 0 Å². The van der Waals surface area contributed by atoms with Crippen LogP contribution < -0.4 is 0 Å². The van der Waals surface area contributed by atoms with E-state index in [9.17, 15) is 0 Å². The van der Waals surface area contributed by atoms with Gasteiger partial charge in [0, 0.05) is 0 Å². The van der Waals surface area contributed by atoms with E-state index >= 15 is 0 Å². The molecule has 0 heterocycles. The molecule has 0 saturated carbocycles. The molecule has 9 heavy (non-hydrogen) atoms. The second kappa shape index (κ2) is 6.62. The molecule has 0 aliphatic carbocycles. The van der Waals surface area contributed by atoms with Gasteiger partial charge < -0.3 is 0 Å². The monoisotopic (exact) mass is 191 g/mol. The molecular formula is C7H19GeN. The van der Waals surface area contributed by atoms with Crippen LogP contribution >= 0.6 is 0 Å². The van der Waals surface area contributed by atoms with Crippen molar-refractivity contribution in [1.82, 2.24) is 4.90 Å². The minimum absolute atomic E-state index is 1.07. The Hall–Kier alpha value is 0.503. The molecule has 0 fully saturated rings. The van der Waals surface area contributed by atoms with Crippen molar-refractivity contribution in [3.05, 3.63) is 0 Å². The molecule has 0 aromatic carbocycles. The van der Waals surface area contributed by atoms with E-state index in [1.807, 2.05) is 0 Å². The van der Waals surface area contributed by atoms with Gasteiger partial charge in [-0.25, -0.2) is 0 Å². The van der Waals surface area contributed by atoms with Gasteiger partial charge in [-0.3, -0.25) is 0 Å². The molecule has 0 aliphatic heterocycles. The van der Waals surface area contributed by atoms with Gasteiger partial charge in [-0.2, -0.15) is 0 Å². The number of rotatable bonds is 5. The summed E-state index contributed by atoms with van der Waals surface area (Å²) in [7, 11) is 0. The molecule has 0 aliphatic rings. The summed E-state index contributed by atoms with van der Waals surface area (Å²) in [5, 5.41) is 1.50. The van der Waals surface area contributed by atoms with Gasteiger partial charge in [0.25, 0.3) is 0 Å². The molecule has 0 atom stereocenters. The zero-order chi connectivity index (χ0) is 7.11. The van der Waals surface area contributed by atoms with Crippen molar-refractivity contribution in [2.45, 2.75) is 25.5 Å². The van der Waals surface area contributed by atoms with Gasteiger partial charge in [-0.1, -0.05) is 0 Å².